The third-order valence-electron chi connectivity index (χ3n) is 5.05. The van der Waals surface area contributed by atoms with Crippen LogP contribution in [0, 0.1) is 17.1 Å². The van der Waals surface area contributed by atoms with Gasteiger partial charge in [0.2, 0.25) is 0 Å². The summed E-state index contributed by atoms with van der Waals surface area (Å²) in [5.74, 6) is 0.0781. The Morgan fingerprint density at radius 3 is 2.57 bits per heavy atom. The second-order valence-electron chi connectivity index (χ2n) is 7.38. The Hall–Kier alpha value is -3.80. The smallest absolute Gasteiger partial charge is 0.293 e. The summed E-state index contributed by atoms with van der Waals surface area (Å²) in [5.41, 5.74) is 1.90. The van der Waals surface area contributed by atoms with Gasteiger partial charge in [-0.05, 0) is 65.9 Å². The molecule has 1 fully saturated rings. The lowest BCUT2D eigenvalue weighted by Gasteiger charge is -2.13. The van der Waals surface area contributed by atoms with Gasteiger partial charge in [-0.25, -0.2) is 4.39 Å². The highest BCUT2D eigenvalue weighted by atomic mass is 35.5. The molecule has 1 saturated heterocycles. The van der Waals surface area contributed by atoms with Crippen LogP contribution in [0.4, 0.5) is 9.18 Å². The SMILES string of the molecule is N#Cc1ccccc1COc1ccc(/C=C2\SC(=O)N(CCOc3ccc(F)cc3)C2=O)cc1Cl. The normalized spacial score (nSPS) is 14.3. The predicted octanol–water partition coefficient (Wildman–Crippen LogP) is 6.05. The first-order chi connectivity index (χ1) is 16.9. The van der Waals surface area contributed by atoms with Crippen LogP contribution in [0.25, 0.3) is 6.08 Å². The number of carbonyl (C=O) groups is 2. The standard InChI is InChI=1S/C26H18ClFN2O4S/c27-22-13-17(5-10-23(22)34-16-19-4-2-1-3-18(19)15-29)14-24-25(31)30(26(32)35-24)11-12-33-21-8-6-20(28)7-9-21/h1-10,13-14H,11-12,16H2/b24-14-. The number of halogens is 2. The van der Waals surface area contributed by atoms with E-state index in [4.69, 9.17) is 21.1 Å². The first kappa shape index (κ1) is 24.3. The fraction of sp³-hybridized carbons (Fsp3) is 0.115. The molecule has 1 aliphatic heterocycles. The summed E-state index contributed by atoms with van der Waals surface area (Å²) in [5, 5.41) is 9.13. The van der Waals surface area contributed by atoms with Gasteiger partial charge in [-0.3, -0.25) is 14.5 Å². The van der Waals surface area contributed by atoms with Crippen molar-refractivity contribution in [2.75, 3.05) is 13.2 Å². The molecular formula is C26H18ClFN2O4S. The molecule has 3 aromatic carbocycles. The highest BCUT2D eigenvalue weighted by Gasteiger charge is 2.34. The Kier molecular flexibility index (Phi) is 7.70. The molecule has 176 valence electrons. The lowest BCUT2D eigenvalue weighted by atomic mass is 10.1. The quantitative estimate of drug-likeness (QED) is 0.345. The Balaban J connectivity index is 1.37. The van der Waals surface area contributed by atoms with Crippen LogP contribution in [0.1, 0.15) is 16.7 Å². The molecule has 3 aromatic rings. The van der Waals surface area contributed by atoms with Gasteiger partial charge >= 0.3 is 0 Å². The maximum atomic E-state index is 13.0. The van der Waals surface area contributed by atoms with Crippen LogP contribution in [-0.4, -0.2) is 29.2 Å². The number of benzene rings is 3. The van der Waals surface area contributed by atoms with Gasteiger partial charge in [-0.15, -0.1) is 0 Å². The van der Waals surface area contributed by atoms with Crippen LogP contribution in [0.2, 0.25) is 5.02 Å². The van der Waals surface area contributed by atoms with Gasteiger partial charge in [0.15, 0.2) is 0 Å². The first-order valence-electron chi connectivity index (χ1n) is 10.5. The summed E-state index contributed by atoms with van der Waals surface area (Å²) in [6.07, 6.45) is 1.59. The van der Waals surface area contributed by atoms with Gasteiger partial charge in [0, 0.05) is 5.56 Å². The molecule has 0 unspecified atom stereocenters. The van der Waals surface area contributed by atoms with Crippen molar-refractivity contribution in [3.8, 4) is 17.6 Å². The fourth-order valence-electron chi connectivity index (χ4n) is 3.26. The average Bonchev–Trinajstić information content (AvgIpc) is 3.12. The van der Waals surface area contributed by atoms with Crippen molar-refractivity contribution in [3.63, 3.8) is 0 Å². The molecule has 9 heteroatoms. The van der Waals surface area contributed by atoms with Gasteiger partial charge in [-0.1, -0.05) is 35.9 Å². The van der Waals surface area contributed by atoms with Gasteiger partial charge in [0.05, 0.1) is 28.1 Å². The zero-order valence-corrected chi connectivity index (χ0v) is 19.8. The summed E-state index contributed by atoms with van der Waals surface area (Å²) in [7, 11) is 0. The van der Waals surface area contributed by atoms with E-state index >= 15 is 0 Å². The van der Waals surface area contributed by atoms with Crippen molar-refractivity contribution in [1.82, 2.24) is 4.90 Å². The minimum atomic E-state index is -0.424. The van der Waals surface area contributed by atoms with Crippen molar-refractivity contribution in [2.24, 2.45) is 0 Å². The lowest BCUT2D eigenvalue weighted by molar-refractivity contribution is -0.123. The molecule has 1 heterocycles. The van der Waals surface area contributed by atoms with Crippen molar-refractivity contribution in [2.45, 2.75) is 6.61 Å². The largest absolute Gasteiger partial charge is 0.492 e. The highest BCUT2D eigenvalue weighted by Crippen LogP contribution is 2.34. The monoisotopic (exact) mass is 508 g/mol. The molecule has 0 aliphatic carbocycles. The second-order valence-corrected chi connectivity index (χ2v) is 8.78. The van der Waals surface area contributed by atoms with Crippen molar-refractivity contribution in [3.05, 3.63) is 99.2 Å². The van der Waals surface area contributed by atoms with Crippen LogP contribution in [-0.2, 0) is 11.4 Å². The number of hydrogen-bond acceptors (Lipinski definition) is 6. The topological polar surface area (TPSA) is 79.6 Å². The molecule has 6 nitrogen and oxygen atoms in total. The summed E-state index contributed by atoms with van der Waals surface area (Å²) in [4.78, 5) is 26.4. The second kappa shape index (κ2) is 11.1. The van der Waals surface area contributed by atoms with E-state index in [0.717, 1.165) is 22.2 Å². The fourth-order valence-corrected chi connectivity index (χ4v) is 4.37. The van der Waals surface area contributed by atoms with Gasteiger partial charge < -0.3 is 9.47 Å². The van der Waals surface area contributed by atoms with E-state index in [2.05, 4.69) is 6.07 Å². The number of carbonyl (C=O) groups excluding carboxylic acids is 2. The van der Waals surface area contributed by atoms with E-state index in [1.165, 1.54) is 24.3 Å². The van der Waals surface area contributed by atoms with E-state index in [-0.39, 0.29) is 30.5 Å². The predicted molar refractivity (Wildman–Crippen MR) is 132 cm³/mol. The third kappa shape index (κ3) is 6.01. The summed E-state index contributed by atoms with van der Waals surface area (Å²) in [6, 6.07) is 19.8. The summed E-state index contributed by atoms with van der Waals surface area (Å²) in [6.45, 7) is 0.336. The molecule has 0 aromatic heterocycles. The van der Waals surface area contributed by atoms with E-state index in [0.29, 0.717) is 27.6 Å². The number of rotatable bonds is 8. The van der Waals surface area contributed by atoms with Crippen molar-refractivity contribution >= 4 is 40.6 Å². The zero-order chi connectivity index (χ0) is 24.8. The maximum absolute atomic E-state index is 13.0. The molecule has 0 radical (unpaired) electrons. The molecule has 0 N–H and O–H groups in total. The van der Waals surface area contributed by atoms with Crippen LogP contribution >= 0.6 is 23.4 Å². The molecule has 0 saturated carbocycles. The Labute approximate surface area is 210 Å². The Bertz CT molecular complexity index is 1340. The van der Waals surface area contributed by atoms with Gasteiger partial charge in [0.25, 0.3) is 11.1 Å². The molecule has 0 atom stereocenters. The van der Waals surface area contributed by atoms with Crippen molar-refractivity contribution in [1.29, 1.82) is 5.26 Å². The van der Waals surface area contributed by atoms with E-state index in [1.807, 2.05) is 12.1 Å². The van der Waals surface area contributed by atoms with E-state index in [1.54, 1.807) is 36.4 Å². The first-order valence-corrected chi connectivity index (χ1v) is 11.7. The summed E-state index contributed by atoms with van der Waals surface area (Å²) >= 11 is 7.19. The number of nitriles is 1. The average molecular weight is 509 g/mol. The molecule has 0 spiro atoms. The van der Waals surface area contributed by atoms with Crippen LogP contribution in [0.5, 0.6) is 11.5 Å². The lowest BCUT2D eigenvalue weighted by Crippen LogP contribution is -2.32. The van der Waals surface area contributed by atoms with Crippen LogP contribution in [0.15, 0.2) is 71.6 Å². The molecule has 4 rings (SSSR count). The number of amides is 2. The minimum Gasteiger partial charge on any atom is -0.492 e. The maximum Gasteiger partial charge on any atom is 0.293 e. The van der Waals surface area contributed by atoms with Crippen LogP contribution in [0.3, 0.4) is 0 Å². The van der Waals surface area contributed by atoms with E-state index in [9.17, 15) is 19.2 Å². The number of hydrogen-bond donors (Lipinski definition) is 0. The Morgan fingerprint density at radius 1 is 1.06 bits per heavy atom. The molecule has 2 amide bonds. The Morgan fingerprint density at radius 2 is 1.83 bits per heavy atom. The molecule has 0 bridgehead atoms. The summed E-state index contributed by atoms with van der Waals surface area (Å²) < 4.78 is 24.2. The number of ether oxygens (including phenoxy) is 2. The number of imide groups is 1. The van der Waals surface area contributed by atoms with Crippen LogP contribution < -0.4 is 9.47 Å². The zero-order valence-electron chi connectivity index (χ0n) is 18.2. The number of thioether (sulfide) groups is 1. The third-order valence-corrected chi connectivity index (χ3v) is 6.25. The van der Waals surface area contributed by atoms with Crippen molar-refractivity contribution < 1.29 is 23.5 Å². The highest BCUT2D eigenvalue weighted by molar-refractivity contribution is 8.18. The molecule has 35 heavy (non-hydrogen) atoms. The molecular weight excluding hydrogens is 491 g/mol. The number of nitrogens with zero attached hydrogens (tertiary/aromatic N) is 2. The minimum absolute atomic E-state index is 0.0666. The van der Waals surface area contributed by atoms with Gasteiger partial charge in [-0.2, -0.15) is 5.26 Å². The molecule has 1 aliphatic rings. The van der Waals surface area contributed by atoms with E-state index < -0.39 is 11.1 Å². The van der Waals surface area contributed by atoms with Gasteiger partial charge in [0.1, 0.15) is 30.5 Å².